The number of aromatic nitrogens is 3. The smallest absolute Gasteiger partial charge is 0.342 e. The Morgan fingerprint density at radius 1 is 1.31 bits per heavy atom. The molecule has 1 unspecified atom stereocenters. The minimum absolute atomic E-state index is 0.0839. The van der Waals surface area contributed by atoms with Crippen LogP contribution in [0.5, 0.6) is 0 Å². The number of aryl methyl sites for hydroxylation is 1. The fourth-order valence-corrected chi connectivity index (χ4v) is 4.05. The van der Waals surface area contributed by atoms with Crippen molar-refractivity contribution in [1.29, 1.82) is 0 Å². The zero-order valence-corrected chi connectivity index (χ0v) is 16.2. The van der Waals surface area contributed by atoms with Crippen molar-refractivity contribution < 1.29 is 4.79 Å². The molecule has 3 rings (SSSR count). The van der Waals surface area contributed by atoms with Crippen molar-refractivity contribution in [3.8, 4) is 5.69 Å². The Kier molecular flexibility index (Phi) is 6.19. The predicted molar refractivity (Wildman–Crippen MR) is 105 cm³/mol. The van der Waals surface area contributed by atoms with Gasteiger partial charge in [0.2, 0.25) is 5.91 Å². The predicted octanol–water partition coefficient (Wildman–Crippen LogP) is 2.42. The highest BCUT2D eigenvalue weighted by atomic mass is 32.2. The highest BCUT2D eigenvalue weighted by molar-refractivity contribution is 7.99. The van der Waals surface area contributed by atoms with Crippen LogP contribution in [0.15, 0.2) is 35.1 Å². The Hall–Kier alpha value is -2.02. The molecule has 0 aliphatic carbocycles. The third-order valence-electron chi connectivity index (χ3n) is 4.77. The van der Waals surface area contributed by atoms with E-state index in [9.17, 15) is 9.59 Å². The van der Waals surface area contributed by atoms with Crippen LogP contribution in [0.3, 0.4) is 0 Å². The number of thioether (sulfide) groups is 1. The fraction of sp³-hybridized carbons (Fsp3) is 0.526. The summed E-state index contributed by atoms with van der Waals surface area (Å²) in [4.78, 5) is 27.0. The molecule has 1 aromatic carbocycles. The van der Waals surface area contributed by atoms with Crippen molar-refractivity contribution in [2.45, 2.75) is 32.1 Å². The molecule has 2 heterocycles. The summed E-state index contributed by atoms with van der Waals surface area (Å²) in [6.07, 6.45) is 2.46. The van der Waals surface area contributed by atoms with Gasteiger partial charge in [0, 0.05) is 38.2 Å². The van der Waals surface area contributed by atoms with Gasteiger partial charge < -0.3 is 4.90 Å². The Morgan fingerprint density at radius 2 is 2.08 bits per heavy atom. The lowest BCUT2D eigenvalue weighted by Crippen LogP contribution is -2.40. The van der Waals surface area contributed by atoms with Gasteiger partial charge in [-0.2, -0.15) is 16.9 Å². The van der Waals surface area contributed by atoms with Gasteiger partial charge in [-0.05, 0) is 30.7 Å². The summed E-state index contributed by atoms with van der Waals surface area (Å²) < 4.78 is 3.08. The lowest BCUT2D eigenvalue weighted by Gasteiger charge is -2.32. The van der Waals surface area contributed by atoms with Crippen molar-refractivity contribution in [3.63, 3.8) is 0 Å². The SMILES string of the molecule is CCSCCC(=O)N1CCCC(c2nn(C)c(=O)n2-c2ccccc2)C1. The average Bonchev–Trinajstić information content (AvgIpc) is 2.97. The normalized spacial score (nSPS) is 17.5. The molecule has 1 aromatic heterocycles. The molecule has 1 aliphatic heterocycles. The molecule has 1 amide bonds. The molecule has 0 spiro atoms. The van der Waals surface area contributed by atoms with Crippen LogP contribution < -0.4 is 5.69 Å². The van der Waals surface area contributed by atoms with Crippen LogP contribution in [0.4, 0.5) is 0 Å². The molecule has 7 heteroatoms. The topological polar surface area (TPSA) is 60.1 Å². The van der Waals surface area contributed by atoms with E-state index in [0.717, 1.165) is 42.4 Å². The van der Waals surface area contributed by atoms with E-state index in [2.05, 4.69) is 12.0 Å². The van der Waals surface area contributed by atoms with Crippen molar-refractivity contribution in [2.24, 2.45) is 7.05 Å². The molecule has 1 atom stereocenters. The van der Waals surface area contributed by atoms with Gasteiger partial charge in [-0.3, -0.25) is 4.79 Å². The maximum absolute atomic E-state index is 12.6. The van der Waals surface area contributed by atoms with E-state index in [1.54, 1.807) is 23.4 Å². The van der Waals surface area contributed by atoms with Gasteiger partial charge in [-0.15, -0.1) is 0 Å². The number of hydrogen-bond donors (Lipinski definition) is 0. The highest BCUT2D eigenvalue weighted by Crippen LogP contribution is 2.27. The maximum Gasteiger partial charge on any atom is 0.350 e. The molecule has 0 saturated carbocycles. The monoisotopic (exact) mass is 374 g/mol. The summed E-state index contributed by atoms with van der Waals surface area (Å²) in [5, 5.41) is 4.50. The first kappa shape index (κ1) is 18.8. The first-order valence-corrected chi connectivity index (χ1v) is 10.3. The van der Waals surface area contributed by atoms with Crippen LogP contribution >= 0.6 is 11.8 Å². The summed E-state index contributed by atoms with van der Waals surface area (Å²) in [7, 11) is 1.68. The zero-order chi connectivity index (χ0) is 18.5. The second-order valence-electron chi connectivity index (χ2n) is 6.56. The molecule has 1 saturated heterocycles. The van der Waals surface area contributed by atoms with Crippen molar-refractivity contribution in [2.75, 3.05) is 24.6 Å². The minimum atomic E-state index is -0.144. The Balaban J connectivity index is 1.82. The molecule has 6 nitrogen and oxygen atoms in total. The largest absolute Gasteiger partial charge is 0.350 e. The number of carbonyl (C=O) groups is 1. The number of hydrogen-bond acceptors (Lipinski definition) is 4. The molecule has 0 N–H and O–H groups in total. The first-order chi connectivity index (χ1) is 12.6. The van der Waals surface area contributed by atoms with Crippen molar-refractivity contribution >= 4 is 17.7 Å². The molecule has 1 aliphatic rings. The zero-order valence-electron chi connectivity index (χ0n) is 15.4. The molecule has 26 heavy (non-hydrogen) atoms. The van der Waals surface area contributed by atoms with Crippen molar-refractivity contribution in [1.82, 2.24) is 19.2 Å². The minimum Gasteiger partial charge on any atom is -0.342 e. The first-order valence-electron chi connectivity index (χ1n) is 9.18. The third kappa shape index (κ3) is 4.03. The molecular formula is C19H26N4O2S. The summed E-state index contributed by atoms with van der Waals surface area (Å²) >= 11 is 1.79. The molecule has 2 aromatic rings. The van der Waals surface area contributed by atoms with E-state index in [1.165, 1.54) is 4.68 Å². The van der Waals surface area contributed by atoms with Crippen LogP contribution in [0, 0.1) is 0 Å². The summed E-state index contributed by atoms with van der Waals surface area (Å²) in [5.74, 6) is 2.95. The lowest BCUT2D eigenvalue weighted by atomic mass is 9.96. The van der Waals surface area contributed by atoms with Gasteiger partial charge in [0.25, 0.3) is 0 Å². The van der Waals surface area contributed by atoms with Gasteiger partial charge in [0.05, 0.1) is 5.69 Å². The van der Waals surface area contributed by atoms with Gasteiger partial charge in [-0.25, -0.2) is 14.0 Å². The summed E-state index contributed by atoms with van der Waals surface area (Å²) in [6, 6.07) is 9.60. The maximum atomic E-state index is 12.6. The number of benzene rings is 1. The average molecular weight is 375 g/mol. The van der Waals surface area contributed by atoms with Crippen LogP contribution in [0.25, 0.3) is 5.69 Å². The van der Waals surface area contributed by atoms with Crippen LogP contribution in [-0.2, 0) is 11.8 Å². The Bertz CT molecular complexity index is 800. The molecule has 0 bridgehead atoms. The number of piperidine rings is 1. The summed E-state index contributed by atoms with van der Waals surface area (Å²) in [6.45, 7) is 3.55. The van der Waals surface area contributed by atoms with Crippen LogP contribution in [-0.4, -0.2) is 49.7 Å². The standard InChI is InChI=1S/C19H26N4O2S/c1-3-26-13-11-17(24)22-12-7-8-15(14-22)18-20-21(2)19(25)23(18)16-9-5-4-6-10-16/h4-6,9-10,15H,3,7-8,11-14H2,1-2H3. The second kappa shape index (κ2) is 8.58. The Labute approximate surface area is 158 Å². The lowest BCUT2D eigenvalue weighted by molar-refractivity contribution is -0.132. The van der Waals surface area contributed by atoms with Crippen LogP contribution in [0.2, 0.25) is 0 Å². The number of amides is 1. The van der Waals surface area contributed by atoms with Crippen molar-refractivity contribution in [3.05, 3.63) is 46.6 Å². The number of nitrogens with zero attached hydrogens (tertiary/aromatic N) is 4. The van der Waals surface area contributed by atoms with Gasteiger partial charge in [-0.1, -0.05) is 25.1 Å². The number of carbonyl (C=O) groups excluding carboxylic acids is 1. The fourth-order valence-electron chi connectivity index (χ4n) is 3.44. The highest BCUT2D eigenvalue weighted by Gasteiger charge is 2.29. The van der Waals surface area contributed by atoms with Gasteiger partial charge in [0.1, 0.15) is 5.82 Å². The van der Waals surface area contributed by atoms with E-state index in [-0.39, 0.29) is 17.5 Å². The molecular weight excluding hydrogens is 348 g/mol. The molecule has 1 fully saturated rings. The Morgan fingerprint density at radius 3 is 2.81 bits per heavy atom. The van der Waals surface area contributed by atoms with E-state index in [0.29, 0.717) is 13.0 Å². The number of para-hydroxylation sites is 1. The number of rotatable bonds is 6. The molecule has 0 radical (unpaired) electrons. The quantitative estimate of drug-likeness (QED) is 0.729. The third-order valence-corrected chi connectivity index (χ3v) is 5.67. The van der Waals surface area contributed by atoms with Crippen LogP contribution in [0.1, 0.15) is 37.9 Å². The molecule has 140 valence electrons. The van der Waals surface area contributed by atoms with Gasteiger partial charge in [0.15, 0.2) is 0 Å². The van der Waals surface area contributed by atoms with E-state index >= 15 is 0 Å². The van der Waals surface area contributed by atoms with E-state index in [1.807, 2.05) is 35.2 Å². The number of likely N-dealkylation sites (tertiary alicyclic amines) is 1. The summed E-state index contributed by atoms with van der Waals surface area (Å²) in [5.41, 5.74) is 0.678. The second-order valence-corrected chi connectivity index (χ2v) is 7.96. The van der Waals surface area contributed by atoms with E-state index in [4.69, 9.17) is 0 Å². The van der Waals surface area contributed by atoms with Gasteiger partial charge >= 0.3 is 5.69 Å². The van der Waals surface area contributed by atoms with E-state index < -0.39 is 0 Å².